The van der Waals surface area contributed by atoms with Gasteiger partial charge in [-0.15, -0.1) is 9.37 Å². The second-order valence-electron chi connectivity index (χ2n) is 10.7. The molecule has 1 N–H and O–H groups in total. The van der Waals surface area contributed by atoms with Crippen molar-refractivity contribution >= 4 is 24.7 Å². The van der Waals surface area contributed by atoms with Gasteiger partial charge < -0.3 is 27.1 Å². The van der Waals surface area contributed by atoms with Crippen LogP contribution in [0.1, 0.15) is 0 Å². The van der Waals surface area contributed by atoms with Crippen LogP contribution in [0.4, 0.5) is 0 Å². The summed E-state index contributed by atoms with van der Waals surface area (Å²) >= 11 is 0. The van der Waals surface area contributed by atoms with Crippen LogP contribution in [0.3, 0.4) is 0 Å². The Bertz CT molecular complexity index is 1970. The molecule has 0 aliphatic heterocycles. The molecule has 0 radical (unpaired) electrons. The third-order valence-corrected chi connectivity index (χ3v) is 13.0. The molecule has 0 spiro atoms. The SMILES string of the molecule is COP(N=P(NP(OC)Oc1ccc(-c2ccccc2)cc1)(OC)Oc1ccc(-c2ccccc2)cc1)Oc1ccc(-c2ccccc2)cc1. The third kappa shape index (κ3) is 9.45. The fraction of sp³-hybridized carbons (Fsp3) is 0.0769. The first-order chi connectivity index (χ1) is 24.6. The minimum Gasteiger partial charge on any atom is -0.436 e. The van der Waals surface area contributed by atoms with E-state index in [1.165, 1.54) is 14.2 Å². The molecule has 0 heterocycles. The van der Waals surface area contributed by atoms with E-state index in [4.69, 9.17) is 31.7 Å². The summed E-state index contributed by atoms with van der Waals surface area (Å²) in [7, 11) is -2.46. The number of benzene rings is 6. The van der Waals surface area contributed by atoms with Crippen LogP contribution in [0.2, 0.25) is 0 Å². The summed E-state index contributed by atoms with van der Waals surface area (Å²) in [6, 6.07) is 53.7. The van der Waals surface area contributed by atoms with Gasteiger partial charge in [-0.2, -0.15) is 0 Å². The molecule has 11 heteroatoms. The zero-order valence-electron chi connectivity index (χ0n) is 27.8. The first-order valence-corrected chi connectivity index (χ1v) is 19.6. The van der Waals surface area contributed by atoms with Crippen LogP contribution in [-0.4, -0.2) is 21.3 Å². The fourth-order valence-corrected chi connectivity index (χ4v) is 10.1. The van der Waals surface area contributed by atoms with E-state index in [2.05, 4.69) is 41.3 Å². The summed E-state index contributed by atoms with van der Waals surface area (Å²) in [4.78, 5) is 3.31. The molecule has 3 unspecified atom stereocenters. The molecule has 3 atom stereocenters. The van der Waals surface area contributed by atoms with Gasteiger partial charge >= 0.3 is 24.7 Å². The van der Waals surface area contributed by atoms with Crippen molar-refractivity contribution in [3.63, 3.8) is 0 Å². The smallest absolute Gasteiger partial charge is 0.377 e. The Morgan fingerprint density at radius 1 is 0.440 bits per heavy atom. The Hall–Kier alpha value is -4.35. The molecule has 0 saturated heterocycles. The van der Waals surface area contributed by atoms with Crippen molar-refractivity contribution in [2.75, 3.05) is 21.3 Å². The highest BCUT2D eigenvalue weighted by Crippen LogP contribution is 2.61. The van der Waals surface area contributed by atoms with Crippen LogP contribution in [0.25, 0.3) is 33.4 Å². The molecule has 0 saturated carbocycles. The maximum Gasteiger partial charge on any atom is 0.377 e. The Morgan fingerprint density at radius 2 is 0.820 bits per heavy atom. The number of rotatable bonds is 15. The lowest BCUT2D eigenvalue weighted by Crippen LogP contribution is -2.15. The normalized spacial score (nSPS) is 13.4. The summed E-state index contributed by atoms with van der Waals surface area (Å²) in [5, 5.41) is 0. The van der Waals surface area contributed by atoms with Gasteiger partial charge in [-0.3, -0.25) is 0 Å². The predicted molar refractivity (Wildman–Crippen MR) is 205 cm³/mol. The Morgan fingerprint density at radius 3 is 1.20 bits per heavy atom. The fourth-order valence-electron chi connectivity index (χ4n) is 4.91. The van der Waals surface area contributed by atoms with Crippen LogP contribution in [0.15, 0.2) is 168 Å². The van der Waals surface area contributed by atoms with E-state index in [1.807, 2.05) is 127 Å². The Balaban J connectivity index is 1.27. The van der Waals surface area contributed by atoms with E-state index in [1.54, 1.807) is 7.11 Å². The van der Waals surface area contributed by atoms with Crippen molar-refractivity contribution in [1.82, 2.24) is 4.86 Å². The highest BCUT2D eigenvalue weighted by Gasteiger charge is 2.33. The van der Waals surface area contributed by atoms with Crippen molar-refractivity contribution < 1.29 is 27.1 Å². The molecule has 50 heavy (non-hydrogen) atoms. The molecule has 8 nitrogen and oxygen atoms in total. The van der Waals surface area contributed by atoms with Crippen LogP contribution >= 0.6 is 24.7 Å². The molecular weight excluding hydrogens is 685 g/mol. The standard InChI is InChI=1S/C39H37N2O6P3/c1-42-48(45-37-25-19-34(20-26-37)31-13-7-4-8-14-31)40-50(44-3,47-39-29-23-36(24-30-39)33-17-11-6-12-18-33)41-49(43-2)46-38-27-21-35(22-28-38)32-15-9-5-10-16-32/h4-30,40H,1-3H3. The molecule has 6 aromatic carbocycles. The van der Waals surface area contributed by atoms with Crippen molar-refractivity contribution in [2.24, 2.45) is 4.52 Å². The van der Waals surface area contributed by atoms with E-state index in [0.29, 0.717) is 17.2 Å². The highest BCUT2D eigenvalue weighted by atomic mass is 31.3. The highest BCUT2D eigenvalue weighted by molar-refractivity contribution is 7.70. The van der Waals surface area contributed by atoms with Gasteiger partial charge in [-0.25, -0.2) is 0 Å². The van der Waals surface area contributed by atoms with Crippen molar-refractivity contribution in [1.29, 1.82) is 0 Å². The molecule has 6 aromatic rings. The molecule has 0 bridgehead atoms. The molecule has 254 valence electrons. The third-order valence-electron chi connectivity index (χ3n) is 7.45. The molecule has 6 rings (SSSR count). The molecule has 0 aliphatic carbocycles. The quantitative estimate of drug-likeness (QED) is 0.106. The van der Waals surface area contributed by atoms with E-state index in [-0.39, 0.29) is 0 Å². The lowest BCUT2D eigenvalue weighted by Gasteiger charge is -2.28. The minimum atomic E-state index is -3.39. The van der Waals surface area contributed by atoms with Crippen LogP contribution in [-0.2, 0) is 13.6 Å². The summed E-state index contributed by atoms with van der Waals surface area (Å²) in [6.45, 7) is 0. The maximum absolute atomic E-state index is 6.56. The predicted octanol–water partition coefficient (Wildman–Crippen LogP) is 12.2. The van der Waals surface area contributed by atoms with E-state index < -0.39 is 24.7 Å². The van der Waals surface area contributed by atoms with E-state index >= 15 is 0 Å². The van der Waals surface area contributed by atoms with Crippen LogP contribution in [0.5, 0.6) is 17.2 Å². The topological polar surface area (TPSA) is 79.8 Å². The van der Waals surface area contributed by atoms with Crippen LogP contribution < -0.4 is 18.4 Å². The molecule has 0 fully saturated rings. The van der Waals surface area contributed by atoms with Gasteiger partial charge in [0.1, 0.15) is 17.2 Å². The summed E-state index contributed by atoms with van der Waals surface area (Å²) < 4.78 is 41.6. The average Bonchev–Trinajstić information content (AvgIpc) is 3.19. The second kappa shape index (κ2) is 17.5. The first kappa shape index (κ1) is 35.5. The lowest BCUT2D eigenvalue weighted by molar-refractivity contribution is 0.358. The summed E-state index contributed by atoms with van der Waals surface area (Å²) in [5.41, 5.74) is 6.51. The first-order valence-electron chi connectivity index (χ1n) is 15.7. The zero-order chi connectivity index (χ0) is 34.6. The monoisotopic (exact) mass is 722 g/mol. The van der Waals surface area contributed by atoms with Crippen molar-refractivity contribution in [3.05, 3.63) is 164 Å². The van der Waals surface area contributed by atoms with E-state index in [9.17, 15) is 0 Å². The zero-order valence-corrected chi connectivity index (χ0v) is 30.5. The van der Waals surface area contributed by atoms with Gasteiger partial charge in [0.05, 0.1) is 0 Å². The van der Waals surface area contributed by atoms with Gasteiger partial charge in [-0.1, -0.05) is 127 Å². The average molecular weight is 723 g/mol. The number of hydrogen-bond donors (Lipinski definition) is 1. The minimum absolute atomic E-state index is 0.535. The van der Waals surface area contributed by atoms with Gasteiger partial charge in [0.25, 0.3) is 0 Å². The second-order valence-corrected chi connectivity index (χ2v) is 15.9. The number of nitrogens with zero attached hydrogens (tertiary/aromatic N) is 1. The Labute approximate surface area is 296 Å². The Kier molecular flexibility index (Phi) is 12.4. The van der Waals surface area contributed by atoms with Gasteiger partial charge in [0.2, 0.25) is 0 Å². The summed E-state index contributed by atoms with van der Waals surface area (Å²) in [6.07, 6.45) is 0. The van der Waals surface area contributed by atoms with Gasteiger partial charge in [0, 0.05) is 21.3 Å². The summed E-state index contributed by atoms with van der Waals surface area (Å²) in [5.74, 6) is 1.73. The molecule has 0 aliphatic rings. The van der Waals surface area contributed by atoms with Crippen LogP contribution in [0, 0.1) is 0 Å². The molecular formula is C39H37N2O6P3. The maximum atomic E-state index is 6.56. The molecule has 0 amide bonds. The van der Waals surface area contributed by atoms with Crippen molar-refractivity contribution in [3.8, 4) is 50.6 Å². The number of nitrogens with one attached hydrogen (secondary N) is 1. The van der Waals surface area contributed by atoms with Crippen molar-refractivity contribution in [2.45, 2.75) is 0 Å². The molecule has 0 aromatic heterocycles. The van der Waals surface area contributed by atoms with Gasteiger partial charge in [-0.05, 0) is 69.8 Å². The van der Waals surface area contributed by atoms with Gasteiger partial charge in [0.15, 0.2) is 0 Å². The lowest BCUT2D eigenvalue weighted by atomic mass is 10.1. The number of hydrogen-bond acceptors (Lipinski definition) is 7. The largest absolute Gasteiger partial charge is 0.436 e. The van der Waals surface area contributed by atoms with E-state index in [0.717, 1.165) is 33.4 Å².